The Kier molecular flexibility index (Phi) is 6.79. The van der Waals surface area contributed by atoms with Crippen LogP contribution in [0.1, 0.15) is 24.8 Å². The van der Waals surface area contributed by atoms with E-state index in [1.54, 1.807) is 34.1 Å². The molecule has 2 amide bonds. The van der Waals surface area contributed by atoms with Gasteiger partial charge in [-0.15, -0.1) is 0 Å². The molecule has 0 atom stereocenters. The lowest BCUT2D eigenvalue weighted by Gasteiger charge is -2.33. The lowest BCUT2D eigenvalue weighted by molar-refractivity contribution is -0.136. The Morgan fingerprint density at radius 2 is 1.52 bits per heavy atom. The van der Waals surface area contributed by atoms with Crippen molar-refractivity contribution in [3.8, 4) is 0 Å². The summed E-state index contributed by atoms with van der Waals surface area (Å²) >= 11 is 0. The molecule has 2 aliphatic heterocycles. The smallest absolute Gasteiger partial charge is 0.409 e. The van der Waals surface area contributed by atoms with E-state index in [1.807, 2.05) is 6.92 Å². The second-order valence-electron chi connectivity index (χ2n) is 7.63. The van der Waals surface area contributed by atoms with E-state index < -0.39 is 10.0 Å². The number of amides is 2. The van der Waals surface area contributed by atoms with Crippen molar-refractivity contribution in [1.82, 2.24) is 14.1 Å². The van der Waals surface area contributed by atoms with E-state index in [1.165, 1.54) is 11.4 Å². The van der Waals surface area contributed by atoms with Crippen LogP contribution < -0.4 is 0 Å². The number of nitrogens with zero attached hydrogens (tertiary/aromatic N) is 3. The summed E-state index contributed by atoms with van der Waals surface area (Å²) in [5.74, 6) is -0.117. The standard InChI is InChI=1S/C20H29N3O5S/c1-16-4-6-18(7-5-16)29(26,27)23-12-8-17(9-13-23)19(24)21-10-3-11-22(15-14-21)20(25)28-2/h4-7,17H,3,8-15H2,1-2H3. The summed E-state index contributed by atoms with van der Waals surface area (Å²) in [6.07, 6.45) is 1.37. The van der Waals surface area contributed by atoms with Crippen LogP contribution in [0.3, 0.4) is 0 Å². The van der Waals surface area contributed by atoms with Crippen molar-refractivity contribution in [2.45, 2.75) is 31.1 Å². The monoisotopic (exact) mass is 423 g/mol. The van der Waals surface area contributed by atoms with Gasteiger partial charge < -0.3 is 14.5 Å². The Hall–Kier alpha value is -2.13. The van der Waals surface area contributed by atoms with Crippen LogP contribution in [-0.2, 0) is 19.6 Å². The van der Waals surface area contributed by atoms with Gasteiger partial charge in [0, 0.05) is 45.2 Å². The molecule has 2 saturated heterocycles. The zero-order chi connectivity index (χ0) is 21.0. The van der Waals surface area contributed by atoms with Crippen LogP contribution in [0.4, 0.5) is 4.79 Å². The number of hydrogen-bond donors (Lipinski definition) is 0. The highest BCUT2D eigenvalue weighted by Gasteiger charge is 2.34. The van der Waals surface area contributed by atoms with Crippen LogP contribution in [0.5, 0.6) is 0 Å². The number of rotatable bonds is 3. The van der Waals surface area contributed by atoms with Crippen molar-refractivity contribution in [2.24, 2.45) is 5.92 Å². The quantitative estimate of drug-likeness (QED) is 0.738. The molecule has 160 valence electrons. The second kappa shape index (κ2) is 9.13. The molecule has 2 heterocycles. The molecule has 0 aliphatic carbocycles. The average molecular weight is 424 g/mol. The highest BCUT2D eigenvalue weighted by atomic mass is 32.2. The first-order valence-electron chi connectivity index (χ1n) is 10.0. The van der Waals surface area contributed by atoms with E-state index in [4.69, 9.17) is 4.74 Å². The molecular weight excluding hydrogens is 394 g/mol. The minimum atomic E-state index is -3.53. The first-order valence-corrected chi connectivity index (χ1v) is 11.5. The molecule has 0 spiro atoms. The number of benzene rings is 1. The first-order chi connectivity index (χ1) is 13.8. The molecule has 8 nitrogen and oxygen atoms in total. The van der Waals surface area contributed by atoms with E-state index >= 15 is 0 Å². The topological polar surface area (TPSA) is 87.2 Å². The number of sulfonamides is 1. The number of hydrogen-bond acceptors (Lipinski definition) is 5. The van der Waals surface area contributed by atoms with E-state index in [-0.39, 0.29) is 17.9 Å². The van der Waals surface area contributed by atoms with E-state index in [0.717, 1.165) is 5.56 Å². The maximum Gasteiger partial charge on any atom is 0.409 e. The molecule has 9 heteroatoms. The summed E-state index contributed by atoms with van der Waals surface area (Å²) in [6.45, 7) is 4.72. The van der Waals surface area contributed by atoms with Crippen molar-refractivity contribution in [2.75, 3.05) is 46.4 Å². The summed E-state index contributed by atoms with van der Waals surface area (Å²) < 4.78 is 31.9. The molecule has 2 aliphatic rings. The Morgan fingerprint density at radius 3 is 2.14 bits per heavy atom. The molecule has 0 bridgehead atoms. The van der Waals surface area contributed by atoms with E-state index in [2.05, 4.69) is 0 Å². The summed E-state index contributed by atoms with van der Waals surface area (Å²) in [4.78, 5) is 28.4. The summed E-state index contributed by atoms with van der Waals surface area (Å²) in [7, 11) is -2.17. The molecule has 0 N–H and O–H groups in total. The minimum absolute atomic E-state index is 0.0594. The van der Waals surface area contributed by atoms with Gasteiger partial charge in [0.25, 0.3) is 0 Å². The number of carbonyl (C=O) groups is 2. The van der Waals surface area contributed by atoms with Gasteiger partial charge in [-0.1, -0.05) is 17.7 Å². The van der Waals surface area contributed by atoms with E-state index in [9.17, 15) is 18.0 Å². The van der Waals surface area contributed by atoms with Crippen molar-refractivity contribution in [3.63, 3.8) is 0 Å². The molecular formula is C20H29N3O5S. The summed E-state index contributed by atoms with van der Waals surface area (Å²) in [5, 5.41) is 0. The Morgan fingerprint density at radius 1 is 0.931 bits per heavy atom. The van der Waals surface area contributed by atoms with Gasteiger partial charge in [0.05, 0.1) is 12.0 Å². The third kappa shape index (κ3) is 4.90. The fraction of sp³-hybridized carbons (Fsp3) is 0.600. The lowest BCUT2D eigenvalue weighted by atomic mass is 9.96. The molecule has 3 rings (SSSR count). The summed E-state index contributed by atoms with van der Waals surface area (Å²) in [6, 6.07) is 6.85. The highest BCUT2D eigenvalue weighted by molar-refractivity contribution is 7.89. The summed E-state index contributed by atoms with van der Waals surface area (Å²) in [5.41, 5.74) is 1.01. The van der Waals surface area contributed by atoms with Crippen molar-refractivity contribution >= 4 is 22.0 Å². The van der Waals surface area contributed by atoms with Gasteiger partial charge in [0.15, 0.2) is 0 Å². The lowest BCUT2D eigenvalue weighted by Crippen LogP contribution is -2.45. The minimum Gasteiger partial charge on any atom is -0.453 e. The normalized spacial score (nSPS) is 19.7. The van der Waals surface area contributed by atoms with Crippen LogP contribution in [0.15, 0.2) is 29.2 Å². The van der Waals surface area contributed by atoms with Gasteiger partial charge in [-0.2, -0.15) is 4.31 Å². The third-order valence-corrected chi connectivity index (χ3v) is 7.62. The molecule has 0 aromatic heterocycles. The van der Waals surface area contributed by atoms with Crippen LogP contribution in [0.2, 0.25) is 0 Å². The number of methoxy groups -OCH3 is 1. The Balaban J connectivity index is 1.57. The fourth-order valence-corrected chi connectivity index (χ4v) is 5.38. The van der Waals surface area contributed by atoms with Crippen molar-refractivity contribution in [1.29, 1.82) is 0 Å². The molecule has 0 saturated carbocycles. The molecule has 29 heavy (non-hydrogen) atoms. The third-order valence-electron chi connectivity index (χ3n) is 5.70. The second-order valence-corrected chi connectivity index (χ2v) is 9.57. The Labute approximate surface area is 172 Å². The number of carbonyl (C=O) groups excluding carboxylic acids is 2. The van der Waals surface area contributed by atoms with Crippen molar-refractivity contribution < 1.29 is 22.7 Å². The van der Waals surface area contributed by atoms with Gasteiger partial charge in [0.2, 0.25) is 15.9 Å². The van der Waals surface area contributed by atoms with E-state index in [0.29, 0.717) is 63.4 Å². The predicted molar refractivity (Wildman–Crippen MR) is 108 cm³/mol. The zero-order valence-electron chi connectivity index (χ0n) is 17.0. The first kappa shape index (κ1) is 21.6. The zero-order valence-corrected chi connectivity index (χ0v) is 17.9. The molecule has 1 aromatic rings. The maximum absolute atomic E-state index is 12.9. The number of piperidine rings is 1. The molecule has 0 radical (unpaired) electrons. The van der Waals surface area contributed by atoms with Gasteiger partial charge in [0.1, 0.15) is 0 Å². The van der Waals surface area contributed by atoms with Crippen molar-refractivity contribution in [3.05, 3.63) is 29.8 Å². The van der Waals surface area contributed by atoms with Crippen LogP contribution in [-0.4, -0.2) is 80.9 Å². The van der Waals surface area contributed by atoms with Gasteiger partial charge >= 0.3 is 6.09 Å². The maximum atomic E-state index is 12.9. The van der Waals surface area contributed by atoms with Crippen LogP contribution in [0.25, 0.3) is 0 Å². The SMILES string of the molecule is COC(=O)N1CCCN(C(=O)C2CCN(S(=O)(=O)c3ccc(C)cc3)CC2)CC1. The van der Waals surface area contributed by atoms with Crippen LogP contribution >= 0.6 is 0 Å². The fourth-order valence-electron chi connectivity index (χ4n) is 3.91. The largest absolute Gasteiger partial charge is 0.453 e. The van der Waals surface area contributed by atoms with Crippen LogP contribution in [0, 0.1) is 12.8 Å². The number of ether oxygens (including phenoxy) is 1. The van der Waals surface area contributed by atoms with Gasteiger partial charge in [-0.3, -0.25) is 4.79 Å². The predicted octanol–water partition coefficient (Wildman–Crippen LogP) is 1.70. The molecule has 0 unspecified atom stereocenters. The number of aryl methyl sites for hydroxylation is 1. The van der Waals surface area contributed by atoms with Gasteiger partial charge in [-0.05, 0) is 38.3 Å². The highest BCUT2D eigenvalue weighted by Crippen LogP contribution is 2.25. The molecule has 2 fully saturated rings. The van der Waals surface area contributed by atoms with Gasteiger partial charge in [-0.25, -0.2) is 13.2 Å². The average Bonchev–Trinajstić information content (AvgIpc) is 2.99. The molecule has 1 aromatic carbocycles. The Bertz CT molecular complexity index is 832.